The maximum absolute atomic E-state index is 11.2. The normalized spacial score (nSPS) is 12.5. The highest BCUT2D eigenvalue weighted by Gasteiger charge is 2.26. The number of nitrogens with zero attached hydrogens (tertiary/aromatic N) is 3. The topological polar surface area (TPSA) is 47.8 Å². The molecule has 2 rings (SSSR count). The number of hydrogen-bond donors (Lipinski definition) is 0. The molecule has 0 aliphatic rings. The van der Waals surface area contributed by atoms with Gasteiger partial charge in [-0.25, -0.2) is 4.68 Å². The van der Waals surface area contributed by atoms with Crippen LogP contribution in [0, 0.1) is 0 Å². The van der Waals surface area contributed by atoms with Gasteiger partial charge in [-0.3, -0.25) is 4.79 Å². The van der Waals surface area contributed by atoms with Gasteiger partial charge in [0, 0.05) is 5.41 Å². The molecule has 0 spiro atoms. The SMILES string of the molecule is CC(C)(C)c1ccc(-n2nnc(C=O)c2C(C)(C)C)cc1. The molecule has 0 amide bonds. The molecule has 1 aromatic carbocycles. The minimum absolute atomic E-state index is 0.113. The lowest BCUT2D eigenvalue weighted by molar-refractivity contribution is 0.111. The minimum atomic E-state index is -0.206. The van der Waals surface area contributed by atoms with Gasteiger partial charge in [0.05, 0.1) is 11.4 Å². The maximum atomic E-state index is 11.2. The molecule has 112 valence electrons. The van der Waals surface area contributed by atoms with Crippen molar-refractivity contribution in [3.8, 4) is 5.69 Å². The molecule has 2 aromatic rings. The average Bonchev–Trinajstić information content (AvgIpc) is 2.81. The maximum Gasteiger partial charge on any atom is 0.172 e. The van der Waals surface area contributed by atoms with E-state index in [1.54, 1.807) is 4.68 Å². The van der Waals surface area contributed by atoms with E-state index in [0.29, 0.717) is 5.69 Å². The first-order valence-electron chi connectivity index (χ1n) is 7.17. The number of aldehydes is 1. The number of hydrogen-bond acceptors (Lipinski definition) is 3. The number of carbonyl (C=O) groups is 1. The molecule has 0 saturated heterocycles. The van der Waals surface area contributed by atoms with Gasteiger partial charge in [-0.1, -0.05) is 58.9 Å². The van der Waals surface area contributed by atoms with E-state index in [-0.39, 0.29) is 10.8 Å². The third kappa shape index (κ3) is 3.04. The molecule has 0 atom stereocenters. The Hall–Kier alpha value is -1.97. The smallest absolute Gasteiger partial charge is 0.172 e. The van der Waals surface area contributed by atoms with Crippen molar-refractivity contribution in [1.82, 2.24) is 15.0 Å². The lowest BCUT2D eigenvalue weighted by Gasteiger charge is -2.22. The van der Waals surface area contributed by atoms with Crippen molar-refractivity contribution in [1.29, 1.82) is 0 Å². The Bertz CT molecular complexity index is 640. The zero-order chi connectivity index (χ0) is 15.8. The number of benzene rings is 1. The fourth-order valence-electron chi connectivity index (χ4n) is 2.36. The quantitative estimate of drug-likeness (QED) is 0.791. The molecule has 1 heterocycles. The summed E-state index contributed by atoms with van der Waals surface area (Å²) in [7, 11) is 0. The van der Waals surface area contributed by atoms with Crippen molar-refractivity contribution in [2.75, 3.05) is 0 Å². The van der Waals surface area contributed by atoms with Crippen molar-refractivity contribution in [2.24, 2.45) is 0 Å². The monoisotopic (exact) mass is 285 g/mol. The lowest BCUT2D eigenvalue weighted by Crippen LogP contribution is -2.19. The van der Waals surface area contributed by atoms with E-state index in [9.17, 15) is 4.79 Å². The zero-order valence-corrected chi connectivity index (χ0v) is 13.6. The molecule has 0 N–H and O–H groups in total. The lowest BCUT2D eigenvalue weighted by atomic mass is 9.87. The largest absolute Gasteiger partial charge is 0.296 e. The summed E-state index contributed by atoms with van der Waals surface area (Å²) in [6, 6.07) is 8.26. The van der Waals surface area contributed by atoms with Crippen molar-refractivity contribution < 1.29 is 4.79 Å². The standard InChI is InChI=1S/C17H23N3O/c1-16(2,3)12-7-9-13(10-8-12)20-15(17(4,5)6)14(11-21)18-19-20/h7-11H,1-6H3. The van der Waals surface area contributed by atoms with Crippen LogP contribution in [0.2, 0.25) is 0 Å². The molecule has 0 fully saturated rings. The average molecular weight is 285 g/mol. The van der Waals surface area contributed by atoms with E-state index in [2.05, 4.69) is 64.0 Å². The van der Waals surface area contributed by atoms with Crippen molar-refractivity contribution >= 4 is 6.29 Å². The molecular weight excluding hydrogens is 262 g/mol. The third-order valence-corrected chi connectivity index (χ3v) is 3.50. The molecule has 21 heavy (non-hydrogen) atoms. The molecule has 4 nitrogen and oxygen atoms in total. The van der Waals surface area contributed by atoms with E-state index in [0.717, 1.165) is 17.7 Å². The summed E-state index contributed by atoms with van der Waals surface area (Å²) in [4.78, 5) is 11.2. The van der Waals surface area contributed by atoms with Gasteiger partial charge >= 0.3 is 0 Å². The van der Waals surface area contributed by atoms with Crippen LogP contribution < -0.4 is 0 Å². The van der Waals surface area contributed by atoms with Gasteiger partial charge in [-0.05, 0) is 23.1 Å². The van der Waals surface area contributed by atoms with E-state index in [1.165, 1.54) is 5.56 Å². The van der Waals surface area contributed by atoms with Gasteiger partial charge < -0.3 is 0 Å². The van der Waals surface area contributed by atoms with Gasteiger partial charge in [0.25, 0.3) is 0 Å². The van der Waals surface area contributed by atoms with Gasteiger partial charge in [0.1, 0.15) is 5.69 Å². The van der Waals surface area contributed by atoms with E-state index in [1.807, 2.05) is 12.1 Å². The number of aromatic nitrogens is 3. The Labute approximate surface area is 126 Å². The predicted octanol–water partition coefficient (Wildman–Crippen LogP) is 3.67. The molecule has 1 aromatic heterocycles. The van der Waals surface area contributed by atoms with Gasteiger partial charge in [-0.15, -0.1) is 5.10 Å². The Morgan fingerprint density at radius 3 is 1.95 bits per heavy atom. The summed E-state index contributed by atoms with van der Waals surface area (Å²) in [5, 5.41) is 8.14. The van der Waals surface area contributed by atoms with Crippen molar-refractivity contribution in [2.45, 2.75) is 52.4 Å². The molecule has 0 aliphatic carbocycles. The highest BCUT2D eigenvalue weighted by Crippen LogP contribution is 2.28. The Morgan fingerprint density at radius 2 is 1.52 bits per heavy atom. The van der Waals surface area contributed by atoms with Crippen LogP contribution in [-0.2, 0) is 10.8 Å². The summed E-state index contributed by atoms with van der Waals surface area (Å²) >= 11 is 0. The molecule has 0 saturated carbocycles. The van der Waals surface area contributed by atoms with Crippen LogP contribution in [0.1, 0.15) is 63.3 Å². The van der Waals surface area contributed by atoms with Gasteiger partial charge in [-0.2, -0.15) is 0 Å². The number of rotatable bonds is 2. The first kappa shape index (κ1) is 15.4. The van der Waals surface area contributed by atoms with Gasteiger partial charge in [0.2, 0.25) is 0 Å². The third-order valence-electron chi connectivity index (χ3n) is 3.50. The van der Waals surface area contributed by atoms with E-state index < -0.39 is 0 Å². The van der Waals surface area contributed by atoms with Crippen LogP contribution in [0.3, 0.4) is 0 Å². The second kappa shape index (κ2) is 5.10. The summed E-state index contributed by atoms with van der Waals surface area (Å²) in [6.07, 6.45) is 0.771. The second-order valence-corrected chi connectivity index (χ2v) is 7.40. The van der Waals surface area contributed by atoms with Gasteiger partial charge in [0.15, 0.2) is 6.29 Å². The Kier molecular flexibility index (Phi) is 3.74. The summed E-state index contributed by atoms with van der Waals surface area (Å²) in [6.45, 7) is 12.7. The highest BCUT2D eigenvalue weighted by atomic mass is 16.1. The van der Waals surface area contributed by atoms with Crippen LogP contribution in [0.15, 0.2) is 24.3 Å². The molecule has 0 aliphatic heterocycles. The van der Waals surface area contributed by atoms with Crippen LogP contribution in [-0.4, -0.2) is 21.3 Å². The van der Waals surface area contributed by atoms with E-state index in [4.69, 9.17) is 0 Å². The first-order chi connectivity index (χ1) is 9.64. The van der Waals surface area contributed by atoms with Crippen LogP contribution in [0.5, 0.6) is 0 Å². The molecule has 4 heteroatoms. The van der Waals surface area contributed by atoms with Crippen LogP contribution in [0.25, 0.3) is 5.69 Å². The van der Waals surface area contributed by atoms with Crippen molar-refractivity contribution in [3.05, 3.63) is 41.2 Å². The predicted molar refractivity (Wildman–Crippen MR) is 84.1 cm³/mol. The summed E-state index contributed by atoms with van der Waals surface area (Å²) < 4.78 is 1.76. The first-order valence-corrected chi connectivity index (χ1v) is 7.17. The fraction of sp³-hybridized carbons (Fsp3) is 0.471. The van der Waals surface area contributed by atoms with Crippen LogP contribution in [0.4, 0.5) is 0 Å². The van der Waals surface area contributed by atoms with Crippen molar-refractivity contribution in [3.63, 3.8) is 0 Å². The summed E-state index contributed by atoms with van der Waals surface area (Å²) in [5.41, 5.74) is 3.33. The van der Waals surface area contributed by atoms with E-state index >= 15 is 0 Å². The molecule has 0 unspecified atom stereocenters. The fourth-order valence-corrected chi connectivity index (χ4v) is 2.36. The Morgan fingerprint density at radius 1 is 0.952 bits per heavy atom. The minimum Gasteiger partial charge on any atom is -0.296 e. The zero-order valence-electron chi connectivity index (χ0n) is 13.6. The highest BCUT2D eigenvalue weighted by molar-refractivity contribution is 5.74. The molecular formula is C17H23N3O. The summed E-state index contributed by atoms with van der Waals surface area (Å²) in [5.74, 6) is 0. The Balaban J connectivity index is 2.53. The van der Waals surface area contributed by atoms with Crippen LogP contribution >= 0.6 is 0 Å². The second-order valence-electron chi connectivity index (χ2n) is 7.40. The molecule has 0 radical (unpaired) electrons. The number of carbonyl (C=O) groups excluding carboxylic acids is 1. The molecule has 0 bridgehead atoms.